The summed E-state index contributed by atoms with van der Waals surface area (Å²) in [7, 11) is 1.60. The molecule has 204 valence electrons. The number of imidazole rings is 1. The normalized spacial score (nSPS) is 14.5. The van der Waals surface area contributed by atoms with Crippen molar-refractivity contribution in [1.29, 1.82) is 0 Å². The number of fused-ring (bicyclic) bond motifs is 1. The molecule has 3 aromatic heterocycles. The standard InChI is InChI=1S/C31H32N6O3/c1-30(2,3)40-29(38)35-31(15-8-16-31)23-13-11-20(12-14-23)26-27(21-9-6-5-7-10-21)37-28(34-26)24(17-25(36-37)39-4)22-18-32-33-19-22/h5-7,9-14,17-19H,8,15-16H2,1-4H3,(H,32,33)(H,35,38). The van der Waals surface area contributed by atoms with Gasteiger partial charge in [-0.05, 0) is 45.6 Å². The van der Waals surface area contributed by atoms with Crippen LogP contribution in [-0.4, -0.2) is 43.6 Å². The van der Waals surface area contributed by atoms with E-state index in [1.165, 1.54) is 0 Å². The average molecular weight is 537 g/mol. The second-order valence-electron chi connectivity index (χ2n) is 11.1. The Hall–Kier alpha value is -4.66. The van der Waals surface area contributed by atoms with Crippen molar-refractivity contribution >= 4 is 11.7 Å². The van der Waals surface area contributed by atoms with E-state index in [1.807, 2.05) is 67.9 Å². The predicted octanol–water partition coefficient (Wildman–Crippen LogP) is 6.37. The van der Waals surface area contributed by atoms with Gasteiger partial charge in [0.2, 0.25) is 5.88 Å². The molecule has 0 radical (unpaired) electrons. The fourth-order valence-electron chi connectivity index (χ4n) is 5.23. The summed E-state index contributed by atoms with van der Waals surface area (Å²) >= 11 is 0. The Labute approximate surface area is 232 Å². The monoisotopic (exact) mass is 536 g/mol. The van der Waals surface area contributed by atoms with E-state index in [1.54, 1.807) is 13.3 Å². The molecular weight excluding hydrogens is 504 g/mol. The fraction of sp³-hybridized carbons (Fsp3) is 0.290. The second-order valence-corrected chi connectivity index (χ2v) is 11.1. The topological polar surface area (TPSA) is 106 Å². The molecule has 1 aliphatic carbocycles. The number of methoxy groups -OCH3 is 1. The summed E-state index contributed by atoms with van der Waals surface area (Å²) in [6.07, 6.45) is 5.98. The third kappa shape index (κ3) is 4.68. The smallest absolute Gasteiger partial charge is 0.408 e. The molecule has 3 heterocycles. The third-order valence-corrected chi connectivity index (χ3v) is 7.29. The number of rotatable bonds is 6. The van der Waals surface area contributed by atoms with Crippen molar-refractivity contribution in [3.05, 3.63) is 78.6 Å². The lowest BCUT2D eigenvalue weighted by atomic mass is 9.71. The van der Waals surface area contributed by atoms with Crippen LogP contribution >= 0.6 is 0 Å². The maximum Gasteiger partial charge on any atom is 0.408 e. The molecule has 9 heteroatoms. The summed E-state index contributed by atoms with van der Waals surface area (Å²) < 4.78 is 13.0. The number of nitrogens with one attached hydrogen (secondary N) is 2. The van der Waals surface area contributed by atoms with Crippen LogP contribution < -0.4 is 10.1 Å². The molecule has 1 saturated carbocycles. The van der Waals surface area contributed by atoms with Crippen LogP contribution in [0.5, 0.6) is 5.88 Å². The predicted molar refractivity (Wildman–Crippen MR) is 153 cm³/mol. The molecule has 0 saturated heterocycles. The molecule has 0 atom stereocenters. The number of amides is 1. The van der Waals surface area contributed by atoms with E-state index in [9.17, 15) is 4.79 Å². The highest BCUT2D eigenvalue weighted by Gasteiger charge is 2.41. The maximum absolute atomic E-state index is 12.6. The Bertz CT molecular complexity index is 1650. The number of ether oxygens (including phenoxy) is 2. The molecule has 1 aliphatic rings. The zero-order valence-electron chi connectivity index (χ0n) is 23.1. The number of aromatic amines is 1. The quantitative estimate of drug-likeness (QED) is 0.261. The molecule has 6 rings (SSSR count). The molecule has 1 fully saturated rings. The number of carbonyl (C=O) groups is 1. The largest absolute Gasteiger partial charge is 0.480 e. The second kappa shape index (κ2) is 9.82. The number of benzene rings is 2. The molecule has 2 N–H and O–H groups in total. The summed E-state index contributed by atoms with van der Waals surface area (Å²) in [6, 6.07) is 20.3. The van der Waals surface area contributed by atoms with Gasteiger partial charge in [0.1, 0.15) is 11.3 Å². The van der Waals surface area contributed by atoms with Crippen molar-refractivity contribution < 1.29 is 14.3 Å². The van der Waals surface area contributed by atoms with Gasteiger partial charge in [0.05, 0.1) is 24.5 Å². The molecular formula is C31H32N6O3. The minimum absolute atomic E-state index is 0.394. The van der Waals surface area contributed by atoms with Crippen molar-refractivity contribution in [1.82, 2.24) is 30.1 Å². The highest BCUT2D eigenvalue weighted by atomic mass is 16.6. The Kier molecular flexibility index (Phi) is 6.29. The van der Waals surface area contributed by atoms with E-state index in [2.05, 4.69) is 39.8 Å². The Morgan fingerprint density at radius 2 is 1.77 bits per heavy atom. The maximum atomic E-state index is 12.6. The lowest BCUT2D eigenvalue weighted by Gasteiger charge is -2.43. The SMILES string of the molecule is COc1cc(-c2cn[nH]c2)c2nc(-c3ccc(C4(NC(=O)OC(C)(C)C)CCC4)cc3)c(-c3ccccc3)n2n1. The van der Waals surface area contributed by atoms with Crippen LogP contribution in [0.1, 0.15) is 45.6 Å². The highest BCUT2D eigenvalue weighted by Crippen LogP contribution is 2.43. The summed E-state index contributed by atoms with van der Waals surface area (Å²) in [4.78, 5) is 17.8. The Balaban J connectivity index is 1.45. The number of alkyl carbamates (subject to hydrolysis) is 1. The summed E-state index contributed by atoms with van der Waals surface area (Å²) in [5.41, 5.74) is 6.09. The molecule has 0 unspecified atom stereocenters. The van der Waals surface area contributed by atoms with Crippen LogP contribution in [0, 0.1) is 0 Å². The molecule has 2 aromatic carbocycles. The van der Waals surface area contributed by atoms with E-state index in [0.29, 0.717) is 11.5 Å². The lowest BCUT2D eigenvalue weighted by molar-refractivity contribution is 0.0377. The van der Waals surface area contributed by atoms with Crippen molar-refractivity contribution in [2.75, 3.05) is 7.11 Å². The van der Waals surface area contributed by atoms with Gasteiger partial charge in [0.25, 0.3) is 0 Å². The minimum atomic E-state index is -0.554. The van der Waals surface area contributed by atoms with Gasteiger partial charge in [-0.2, -0.15) is 5.10 Å². The Morgan fingerprint density at radius 1 is 1.02 bits per heavy atom. The highest BCUT2D eigenvalue weighted by molar-refractivity contribution is 5.87. The van der Waals surface area contributed by atoms with Crippen LogP contribution in [0.3, 0.4) is 0 Å². The number of nitrogens with zero attached hydrogens (tertiary/aromatic N) is 4. The van der Waals surface area contributed by atoms with Gasteiger partial charge in [0, 0.05) is 34.5 Å². The third-order valence-electron chi connectivity index (χ3n) is 7.29. The van der Waals surface area contributed by atoms with Gasteiger partial charge in [-0.3, -0.25) is 5.10 Å². The van der Waals surface area contributed by atoms with E-state index >= 15 is 0 Å². The zero-order valence-corrected chi connectivity index (χ0v) is 23.1. The van der Waals surface area contributed by atoms with Crippen molar-refractivity contribution in [3.63, 3.8) is 0 Å². The number of H-pyrrole nitrogens is 1. The summed E-state index contributed by atoms with van der Waals surface area (Å²) in [5, 5.41) is 14.9. The van der Waals surface area contributed by atoms with Gasteiger partial charge in [0.15, 0.2) is 5.65 Å². The fourth-order valence-corrected chi connectivity index (χ4v) is 5.23. The van der Waals surface area contributed by atoms with Crippen molar-refractivity contribution in [3.8, 4) is 39.5 Å². The van der Waals surface area contributed by atoms with Crippen molar-refractivity contribution in [2.45, 2.75) is 51.2 Å². The van der Waals surface area contributed by atoms with E-state index < -0.39 is 17.2 Å². The van der Waals surface area contributed by atoms with Crippen LogP contribution in [-0.2, 0) is 10.3 Å². The number of aromatic nitrogens is 5. The average Bonchev–Trinajstić information content (AvgIpc) is 3.58. The van der Waals surface area contributed by atoms with Crippen LogP contribution in [0.4, 0.5) is 4.79 Å². The lowest BCUT2D eigenvalue weighted by Crippen LogP contribution is -2.52. The van der Waals surface area contributed by atoms with Crippen LogP contribution in [0.25, 0.3) is 39.3 Å². The molecule has 40 heavy (non-hydrogen) atoms. The van der Waals surface area contributed by atoms with Gasteiger partial charge in [-0.1, -0.05) is 54.6 Å². The Morgan fingerprint density at radius 3 is 2.38 bits per heavy atom. The van der Waals surface area contributed by atoms with E-state index in [0.717, 1.165) is 58.5 Å². The van der Waals surface area contributed by atoms with Gasteiger partial charge < -0.3 is 14.8 Å². The van der Waals surface area contributed by atoms with Crippen molar-refractivity contribution in [2.24, 2.45) is 0 Å². The minimum Gasteiger partial charge on any atom is -0.480 e. The first-order valence-electron chi connectivity index (χ1n) is 13.4. The van der Waals surface area contributed by atoms with Crippen LogP contribution in [0.15, 0.2) is 73.1 Å². The van der Waals surface area contributed by atoms with Crippen LogP contribution in [0.2, 0.25) is 0 Å². The molecule has 0 bridgehead atoms. The first kappa shape index (κ1) is 25.6. The van der Waals surface area contributed by atoms with E-state index in [4.69, 9.17) is 19.6 Å². The molecule has 0 spiro atoms. The molecule has 1 amide bonds. The molecule has 9 nitrogen and oxygen atoms in total. The number of carbonyl (C=O) groups excluding carboxylic acids is 1. The van der Waals surface area contributed by atoms with Gasteiger partial charge in [-0.25, -0.2) is 14.3 Å². The van der Waals surface area contributed by atoms with E-state index in [-0.39, 0.29) is 0 Å². The number of hydrogen-bond acceptors (Lipinski definition) is 6. The van der Waals surface area contributed by atoms with Gasteiger partial charge in [-0.15, -0.1) is 5.10 Å². The first-order valence-corrected chi connectivity index (χ1v) is 13.4. The summed E-state index contributed by atoms with van der Waals surface area (Å²) in [6.45, 7) is 5.61. The van der Waals surface area contributed by atoms with Gasteiger partial charge >= 0.3 is 6.09 Å². The first-order chi connectivity index (χ1) is 19.3. The molecule has 0 aliphatic heterocycles. The number of hydrogen-bond donors (Lipinski definition) is 2. The molecule has 5 aromatic rings. The zero-order chi connectivity index (χ0) is 27.9. The summed E-state index contributed by atoms with van der Waals surface area (Å²) in [5.74, 6) is 0.473.